The van der Waals surface area contributed by atoms with E-state index in [-0.39, 0.29) is 29.8 Å². The summed E-state index contributed by atoms with van der Waals surface area (Å²) >= 11 is 18.3. The van der Waals surface area contributed by atoms with Crippen LogP contribution < -0.4 is 9.47 Å². The molecule has 27 heavy (non-hydrogen) atoms. The summed E-state index contributed by atoms with van der Waals surface area (Å²) < 4.78 is 20.7. The van der Waals surface area contributed by atoms with Crippen LogP contribution in [0.2, 0.25) is 0 Å². The first-order chi connectivity index (χ1) is 12.6. The van der Waals surface area contributed by atoms with E-state index in [2.05, 4.69) is 49.7 Å². The van der Waals surface area contributed by atoms with E-state index in [1.54, 1.807) is 0 Å². The average Bonchev–Trinajstić information content (AvgIpc) is 2.64. The Morgan fingerprint density at radius 3 is 1.26 bits per heavy atom. The van der Waals surface area contributed by atoms with Crippen LogP contribution in [-0.4, -0.2) is 35.2 Å². The van der Waals surface area contributed by atoms with Crippen LogP contribution in [-0.2, 0) is 55.8 Å². The Morgan fingerprint density at radius 1 is 0.630 bits per heavy atom. The second kappa shape index (κ2) is 17.1. The van der Waals surface area contributed by atoms with Gasteiger partial charge in [0.25, 0.3) is 0 Å². The molecule has 0 N–H and O–H groups in total. The van der Waals surface area contributed by atoms with Gasteiger partial charge in [0.15, 0.2) is 0 Å². The van der Waals surface area contributed by atoms with Crippen molar-refractivity contribution in [3.8, 4) is 11.5 Å². The van der Waals surface area contributed by atoms with Gasteiger partial charge in [-0.05, 0) is 24.3 Å². The molecule has 0 unspecified atom stereocenters. The molecule has 0 amide bonds. The summed E-state index contributed by atoms with van der Waals surface area (Å²) in [5.74, 6) is 1.64. The minimum absolute atomic E-state index is 0. The second-order valence-electron chi connectivity index (χ2n) is 4.52. The topological polar surface area (TPSA) is 36.9 Å². The number of rotatable bonds is 8. The largest absolute Gasteiger partial charge is 2.00 e. The van der Waals surface area contributed by atoms with Crippen LogP contribution in [0.3, 0.4) is 0 Å². The summed E-state index contributed by atoms with van der Waals surface area (Å²) in [4.78, 5) is 0. The summed E-state index contributed by atoms with van der Waals surface area (Å²) in [7, 11) is 0. The van der Waals surface area contributed by atoms with Crippen molar-refractivity contribution < 1.29 is 40.0 Å². The minimum Gasteiger partial charge on any atom is -0.510 e. The van der Waals surface area contributed by atoms with E-state index in [1.165, 1.54) is 0 Å². The molecule has 0 radical (unpaired) electrons. The smallest absolute Gasteiger partial charge is 0.510 e. The Hall–Kier alpha value is -1.05. The van der Waals surface area contributed by atoms with Gasteiger partial charge in [-0.3, -0.25) is 0 Å². The molecule has 0 atom stereocenters. The van der Waals surface area contributed by atoms with Gasteiger partial charge in [-0.2, -0.15) is 0 Å². The molecular formula is C18H18O4PtS4. The minimum atomic E-state index is 0. The Bertz CT molecular complexity index is 587. The van der Waals surface area contributed by atoms with Crippen LogP contribution in [0.1, 0.15) is 0 Å². The fraction of sp³-hybridized carbons (Fsp3) is 0.222. The monoisotopic (exact) mass is 621 g/mol. The number of hydrogen-bond donors (Lipinski definition) is 0. The maximum absolute atomic E-state index is 5.33. The Morgan fingerprint density at radius 2 is 0.963 bits per heavy atom. The Labute approximate surface area is 196 Å². The van der Waals surface area contributed by atoms with Crippen molar-refractivity contribution in [3.05, 3.63) is 60.7 Å². The van der Waals surface area contributed by atoms with Gasteiger partial charge in [-0.1, -0.05) is 36.4 Å². The van der Waals surface area contributed by atoms with Crippen molar-refractivity contribution in [2.45, 2.75) is 0 Å². The van der Waals surface area contributed by atoms with E-state index >= 15 is 0 Å². The molecule has 2 rings (SSSR count). The zero-order valence-electron chi connectivity index (χ0n) is 14.2. The van der Waals surface area contributed by atoms with Crippen LogP contribution in [0.5, 0.6) is 11.5 Å². The van der Waals surface area contributed by atoms with Crippen LogP contribution in [0.4, 0.5) is 0 Å². The number of hydrogen-bond acceptors (Lipinski definition) is 8. The molecule has 0 fully saturated rings. The zero-order chi connectivity index (χ0) is 19.0. The van der Waals surface area contributed by atoms with E-state index in [4.69, 9.17) is 18.9 Å². The first kappa shape index (κ1) is 25.9. The van der Waals surface area contributed by atoms with Crippen LogP contribution in [0, 0.1) is 0 Å². The average molecular weight is 622 g/mol. The van der Waals surface area contributed by atoms with Crippen LogP contribution in [0.25, 0.3) is 0 Å². The number of thiocarbonyl (C=S) groups is 2. The van der Waals surface area contributed by atoms with Crippen molar-refractivity contribution in [1.29, 1.82) is 0 Å². The molecule has 0 heterocycles. The van der Waals surface area contributed by atoms with Gasteiger partial charge in [0.05, 0.1) is 0 Å². The predicted octanol–water partition coefficient (Wildman–Crippen LogP) is 3.83. The number of ether oxygens (including phenoxy) is 4. The Balaban J connectivity index is 0.000000483. The van der Waals surface area contributed by atoms with Crippen molar-refractivity contribution in [2.75, 3.05) is 26.4 Å². The van der Waals surface area contributed by atoms with Gasteiger partial charge in [-0.25, -0.2) is 0 Å². The van der Waals surface area contributed by atoms with Gasteiger partial charge in [0, 0.05) is 8.77 Å². The Kier molecular flexibility index (Phi) is 16.4. The van der Waals surface area contributed by atoms with Crippen molar-refractivity contribution in [2.24, 2.45) is 0 Å². The predicted molar refractivity (Wildman–Crippen MR) is 116 cm³/mol. The molecule has 148 valence electrons. The van der Waals surface area contributed by atoms with Crippen molar-refractivity contribution in [1.82, 2.24) is 0 Å². The van der Waals surface area contributed by atoms with E-state index in [1.807, 2.05) is 60.7 Å². The SMILES string of the molecule is S=C([S-])OCCOc1ccccc1.S=C([S-])OCCOc1ccccc1.[Pt+2]. The molecule has 0 saturated heterocycles. The number of benzene rings is 2. The fourth-order valence-electron chi connectivity index (χ4n) is 1.60. The van der Waals surface area contributed by atoms with Crippen LogP contribution in [0.15, 0.2) is 60.7 Å². The molecular weight excluding hydrogens is 604 g/mol. The molecule has 2 aromatic carbocycles. The quantitative estimate of drug-likeness (QED) is 0.250. The summed E-state index contributed by atoms with van der Waals surface area (Å²) in [6.07, 6.45) is 0. The summed E-state index contributed by atoms with van der Waals surface area (Å²) in [6.45, 7) is 1.72. The van der Waals surface area contributed by atoms with Gasteiger partial charge in [-0.15, -0.1) is 0 Å². The van der Waals surface area contributed by atoms with Gasteiger partial charge in [0.2, 0.25) is 0 Å². The fourth-order valence-corrected chi connectivity index (χ4v) is 1.94. The maximum atomic E-state index is 5.33. The third-order valence-electron chi connectivity index (χ3n) is 2.63. The normalized spacial score (nSPS) is 8.89. The van der Waals surface area contributed by atoms with E-state index < -0.39 is 0 Å². The molecule has 0 aliphatic heterocycles. The van der Waals surface area contributed by atoms with E-state index in [0.717, 1.165) is 11.5 Å². The molecule has 0 aliphatic carbocycles. The molecule has 0 saturated carbocycles. The summed E-state index contributed by atoms with van der Waals surface area (Å²) in [6, 6.07) is 19.0. The third kappa shape index (κ3) is 15.7. The molecule has 4 nitrogen and oxygen atoms in total. The molecule has 0 spiro atoms. The molecule has 0 aliphatic rings. The summed E-state index contributed by atoms with van der Waals surface area (Å²) in [5, 5.41) is 0. The number of para-hydroxylation sites is 2. The second-order valence-corrected chi connectivity index (χ2v) is 6.52. The molecule has 9 heteroatoms. The first-order valence-corrected chi connectivity index (χ1v) is 9.24. The summed E-state index contributed by atoms with van der Waals surface area (Å²) in [5.41, 5.74) is 0. The molecule has 0 bridgehead atoms. The molecule has 0 aromatic heterocycles. The van der Waals surface area contributed by atoms with Crippen molar-refractivity contribution in [3.63, 3.8) is 0 Å². The van der Waals surface area contributed by atoms with Gasteiger partial charge >= 0.3 is 21.1 Å². The van der Waals surface area contributed by atoms with E-state index in [0.29, 0.717) is 26.4 Å². The first-order valence-electron chi connectivity index (χ1n) is 7.61. The van der Waals surface area contributed by atoms with Crippen LogP contribution >= 0.6 is 24.4 Å². The maximum Gasteiger partial charge on any atom is 2.00 e. The van der Waals surface area contributed by atoms with Gasteiger partial charge in [0.1, 0.15) is 37.9 Å². The zero-order valence-corrected chi connectivity index (χ0v) is 19.7. The van der Waals surface area contributed by atoms with Crippen molar-refractivity contribution >= 4 is 58.5 Å². The third-order valence-corrected chi connectivity index (χ3v) is 3.10. The standard InChI is InChI=1S/2C9H10O2S2.Pt/c2*12-9(13)11-7-6-10-8-4-2-1-3-5-8;/h2*1-5H,6-7H2,(H,12,13);/q;;+2/p-2. The van der Waals surface area contributed by atoms with E-state index in [9.17, 15) is 0 Å². The molecule has 2 aromatic rings. The van der Waals surface area contributed by atoms with Gasteiger partial charge < -0.3 is 68.6 Å².